The number of amides is 3. The molecule has 0 heterocycles. The Balaban J connectivity index is 2.99. The van der Waals surface area contributed by atoms with Crippen molar-refractivity contribution in [2.45, 2.75) is 56.8 Å². The first-order valence-electron chi connectivity index (χ1n) is 11.2. The molecule has 0 radical (unpaired) electrons. The molecule has 12 N–H and O–H groups in total. The maximum Gasteiger partial charge on any atom is 0.325 e. The standard InChI is InChI=1S/C22H33N7O8/c1-11(21(36)37)27-20(35)16(10-17(31)32)29-19(34)15(3-2-8-26-22(24)25)28-18(33)14(23)9-12-4-6-13(30)7-5-12/h4-7,11,14-16,30H,2-3,8-10,23H2,1H3,(H,27,35)(H,28,33)(H,29,34)(H,31,32)(H,36,37)(H4,24,25,26). The van der Waals surface area contributed by atoms with Gasteiger partial charge in [0.1, 0.15) is 23.9 Å². The highest BCUT2D eigenvalue weighted by Gasteiger charge is 2.30. The van der Waals surface area contributed by atoms with E-state index in [2.05, 4.69) is 20.9 Å². The molecule has 1 aromatic carbocycles. The Hall–Kier alpha value is -4.40. The van der Waals surface area contributed by atoms with Crippen LogP contribution in [-0.4, -0.2) is 81.7 Å². The van der Waals surface area contributed by atoms with Crippen LogP contribution in [0, 0.1) is 0 Å². The molecule has 3 amide bonds. The molecule has 15 nitrogen and oxygen atoms in total. The maximum atomic E-state index is 13.0. The highest BCUT2D eigenvalue weighted by Crippen LogP contribution is 2.11. The average Bonchev–Trinajstić information content (AvgIpc) is 2.81. The summed E-state index contributed by atoms with van der Waals surface area (Å²) in [5.74, 6) is -5.54. The normalized spacial score (nSPS) is 13.8. The lowest BCUT2D eigenvalue weighted by molar-refractivity contribution is -0.143. The van der Waals surface area contributed by atoms with Crippen molar-refractivity contribution in [3.63, 3.8) is 0 Å². The number of phenols is 1. The van der Waals surface area contributed by atoms with E-state index in [4.69, 9.17) is 27.4 Å². The lowest BCUT2D eigenvalue weighted by atomic mass is 10.0. The smallest absolute Gasteiger partial charge is 0.325 e. The minimum absolute atomic E-state index is 0.00716. The largest absolute Gasteiger partial charge is 0.508 e. The van der Waals surface area contributed by atoms with E-state index >= 15 is 0 Å². The summed E-state index contributed by atoms with van der Waals surface area (Å²) in [6.07, 6.45) is -0.507. The van der Waals surface area contributed by atoms with Gasteiger partial charge in [-0.25, -0.2) is 0 Å². The van der Waals surface area contributed by atoms with Crippen molar-refractivity contribution < 1.29 is 39.3 Å². The maximum absolute atomic E-state index is 13.0. The Labute approximate surface area is 212 Å². The molecule has 0 aromatic heterocycles. The minimum atomic E-state index is -1.62. The van der Waals surface area contributed by atoms with E-state index in [-0.39, 0.29) is 37.5 Å². The zero-order valence-electron chi connectivity index (χ0n) is 20.2. The number of carboxylic acid groups (broad SMARTS) is 2. The van der Waals surface area contributed by atoms with Gasteiger partial charge < -0.3 is 48.5 Å². The average molecular weight is 524 g/mol. The third-order valence-corrected chi connectivity index (χ3v) is 5.05. The number of aromatic hydroxyl groups is 1. The molecule has 0 spiro atoms. The van der Waals surface area contributed by atoms with Gasteiger partial charge in [0.05, 0.1) is 12.5 Å². The Morgan fingerprint density at radius 3 is 2.03 bits per heavy atom. The minimum Gasteiger partial charge on any atom is -0.508 e. The molecule has 0 aliphatic rings. The van der Waals surface area contributed by atoms with Gasteiger partial charge in [-0.3, -0.25) is 29.0 Å². The monoisotopic (exact) mass is 523 g/mol. The second-order valence-corrected chi connectivity index (χ2v) is 8.21. The van der Waals surface area contributed by atoms with Crippen LogP contribution in [0.15, 0.2) is 29.3 Å². The number of nitrogens with one attached hydrogen (secondary N) is 3. The third kappa shape index (κ3) is 11.7. The van der Waals surface area contributed by atoms with Crippen LogP contribution < -0.4 is 33.2 Å². The number of carbonyl (C=O) groups excluding carboxylic acids is 3. The molecule has 4 unspecified atom stereocenters. The van der Waals surface area contributed by atoms with E-state index < -0.39 is 60.2 Å². The molecule has 1 aromatic rings. The molecule has 15 heteroatoms. The lowest BCUT2D eigenvalue weighted by Gasteiger charge is -2.24. The Morgan fingerprint density at radius 2 is 1.49 bits per heavy atom. The number of aliphatic carboxylic acids is 2. The van der Waals surface area contributed by atoms with E-state index in [0.29, 0.717) is 5.56 Å². The number of phenolic OH excluding ortho intramolecular Hbond substituents is 1. The number of aliphatic imine (C=N–C) groups is 1. The van der Waals surface area contributed by atoms with E-state index in [1.807, 2.05) is 0 Å². The Morgan fingerprint density at radius 1 is 0.919 bits per heavy atom. The lowest BCUT2D eigenvalue weighted by Crippen LogP contribution is -2.57. The fourth-order valence-corrected chi connectivity index (χ4v) is 3.06. The summed E-state index contributed by atoms with van der Waals surface area (Å²) in [6.45, 7) is 1.29. The molecular weight excluding hydrogens is 490 g/mol. The van der Waals surface area contributed by atoms with Crippen LogP contribution in [0.5, 0.6) is 5.75 Å². The van der Waals surface area contributed by atoms with Crippen LogP contribution >= 0.6 is 0 Å². The quantitative estimate of drug-likeness (QED) is 0.0650. The zero-order chi connectivity index (χ0) is 28.1. The first kappa shape index (κ1) is 30.6. The van der Waals surface area contributed by atoms with Gasteiger partial charge in [-0.05, 0) is 43.9 Å². The Kier molecular flexibility index (Phi) is 12.3. The van der Waals surface area contributed by atoms with Crippen molar-refractivity contribution in [1.82, 2.24) is 16.0 Å². The number of nitrogens with two attached hydrogens (primary N) is 3. The summed E-state index contributed by atoms with van der Waals surface area (Å²) in [4.78, 5) is 64.2. The molecule has 204 valence electrons. The van der Waals surface area contributed by atoms with Gasteiger partial charge >= 0.3 is 11.9 Å². The number of guanidine groups is 1. The fraction of sp³-hybridized carbons (Fsp3) is 0.455. The van der Waals surface area contributed by atoms with Gasteiger partial charge in [-0.2, -0.15) is 0 Å². The molecule has 0 aliphatic heterocycles. The molecule has 37 heavy (non-hydrogen) atoms. The highest BCUT2D eigenvalue weighted by atomic mass is 16.4. The first-order chi connectivity index (χ1) is 17.3. The van der Waals surface area contributed by atoms with Crippen molar-refractivity contribution in [1.29, 1.82) is 0 Å². The number of hydrogen-bond acceptors (Lipinski definition) is 8. The second-order valence-electron chi connectivity index (χ2n) is 8.21. The molecule has 0 saturated carbocycles. The van der Waals surface area contributed by atoms with Crippen molar-refractivity contribution in [2.75, 3.05) is 6.54 Å². The molecule has 4 atom stereocenters. The first-order valence-corrected chi connectivity index (χ1v) is 11.2. The van der Waals surface area contributed by atoms with Crippen LogP contribution in [0.4, 0.5) is 0 Å². The molecular formula is C22H33N7O8. The number of nitrogens with zero attached hydrogens (tertiary/aromatic N) is 1. The molecule has 0 fully saturated rings. The summed E-state index contributed by atoms with van der Waals surface area (Å²) in [5.41, 5.74) is 17.2. The molecule has 0 aliphatic carbocycles. The topological polar surface area (TPSA) is 273 Å². The van der Waals surface area contributed by atoms with Crippen LogP contribution in [0.2, 0.25) is 0 Å². The van der Waals surface area contributed by atoms with Crippen molar-refractivity contribution in [3.05, 3.63) is 29.8 Å². The van der Waals surface area contributed by atoms with Crippen molar-refractivity contribution >= 4 is 35.6 Å². The summed E-state index contributed by atoms with van der Waals surface area (Å²) in [7, 11) is 0. The number of carbonyl (C=O) groups is 5. The van der Waals surface area contributed by atoms with E-state index in [1.54, 1.807) is 12.1 Å². The zero-order valence-corrected chi connectivity index (χ0v) is 20.2. The summed E-state index contributed by atoms with van der Waals surface area (Å²) < 4.78 is 0. The Bertz CT molecular complexity index is 995. The van der Waals surface area contributed by atoms with Crippen LogP contribution in [0.1, 0.15) is 31.7 Å². The van der Waals surface area contributed by atoms with Crippen molar-refractivity contribution in [3.8, 4) is 5.75 Å². The van der Waals surface area contributed by atoms with Gasteiger partial charge in [-0.1, -0.05) is 12.1 Å². The number of benzene rings is 1. The van der Waals surface area contributed by atoms with Gasteiger partial charge in [0, 0.05) is 6.54 Å². The summed E-state index contributed by atoms with van der Waals surface area (Å²) in [6, 6.07) is 0.741. The van der Waals surface area contributed by atoms with E-state index in [9.17, 15) is 29.1 Å². The number of rotatable bonds is 15. The number of hydrogen-bond donors (Lipinski definition) is 9. The predicted molar refractivity (Wildman–Crippen MR) is 131 cm³/mol. The molecule has 1 rings (SSSR count). The van der Waals surface area contributed by atoms with Gasteiger partial charge in [0.15, 0.2) is 5.96 Å². The van der Waals surface area contributed by atoms with Crippen molar-refractivity contribution in [2.24, 2.45) is 22.2 Å². The van der Waals surface area contributed by atoms with Gasteiger partial charge in [0.2, 0.25) is 17.7 Å². The second kappa shape index (κ2) is 14.9. The molecule has 0 saturated heterocycles. The van der Waals surface area contributed by atoms with Crippen LogP contribution in [0.3, 0.4) is 0 Å². The fourth-order valence-electron chi connectivity index (χ4n) is 3.06. The number of carboxylic acids is 2. The van der Waals surface area contributed by atoms with Crippen LogP contribution in [0.25, 0.3) is 0 Å². The van der Waals surface area contributed by atoms with E-state index in [1.165, 1.54) is 19.1 Å². The SMILES string of the molecule is CC(NC(=O)C(CC(=O)O)NC(=O)C(CCCN=C(N)N)NC(=O)C(N)Cc1ccc(O)cc1)C(=O)O. The van der Waals surface area contributed by atoms with Gasteiger partial charge in [-0.15, -0.1) is 0 Å². The summed E-state index contributed by atoms with van der Waals surface area (Å²) >= 11 is 0. The highest BCUT2D eigenvalue weighted by molar-refractivity contribution is 5.95. The molecule has 0 bridgehead atoms. The van der Waals surface area contributed by atoms with Gasteiger partial charge in [0.25, 0.3) is 0 Å². The van der Waals surface area contributed by atoms with E-state index in [0.717, 1.165) is 0 Å². The van der Waals surface area contributed by atoms with Crippen LogP contribution in [-0.2, 0) is 30.4 Å². The third-order valence-electron chi connectivity index (χ3n) is 5.05. The summed E-state index contributed by atoms with van der Waals surface area (Å²) in [5, 5.41) is 34.3. The predicted octanol–water partition coefficient (Wildman–Crippen LogP) is -2.65.